The van der Waals surface area contributed by atoms with Crippen LogP contribution in [-0.4, -0.2) is 17.6 Å². The van der Waals surface area contributed by atoms with Crippen molar-refractivity contribution in [2.24, 2.45) is 0 Å². The smallest absolute Gasteiger partial charge is 0.406 e. The minimum Gasteiger partial charge on any atom is -0.406 e. The van der Waals surface area contributed by atoms with Crippen LogP contribution in [0.2, 0.25) is 0 Å². The first-order valence-electron chi connectivity index (χ1n) is 5.46. The van der Waals surface area contributed by atoms with Gasteiger partial charge in [-0.2, -0.15) is 0 Å². The van der Waals surface area contributed by atoms with E-state index in [2.05, 4.69) is 9.72 Å². The van der Waals surface area contributed by atoms with Crippen LogP contribution in [0, 0.1) is 0 Å². The van der Waals surface area contributed by atoms with E-state index in [0.29, 0.717) is 23.0 Å². The van der Waals surface area contributed by atoms with Crippen LogP contribution in [0.4, 0.5) is 19.0 Å². The molecule has 2 aromatic rings. The van der Waals surface area contributed by atoms with Crippen molar-refractivity contribution >= 4 is 12.1 Å². The highest BCUT2D eigenvalue weighted by molar-refractivity contribution is 5.82. The van der Waals surface area contributed by atoms with Crippen molar-refractivity contribution in [3.8, 4) is 16.9 Å². The van der Waals surface area contributed by atoms with E-state index in [1.165, 1.54) is 24.4 Å². The average Bonchev–Trinajstić information content (AvgIpc) is 2.39. The lowest BCUT2D eigenvalue weighted by molar-refractivity contribution is -0.274. The van der Waals surface area contributed by atoms with Gasteiger partial charge in [-0.05, 0) is 23.8 Å². The van der Waals surface area contributed by atoms with Gasteiger partial charge in [0.05, 0.1) is 0 Å². The van der Waals surface area contributed by atoms with Crippen molar-refractivity contribution in [3.05, 3.63) is 42.1 Å². The maximum Gasteiger partial charge on any atom is 0.573 e. The van der Waals surface area contributed by atoms with E-state index in [-0.39, 0.29) is 11.6 Å². The van der Waals surface area contributed by atoms with Crippen LogP contribution >= 0.6 is 0 Å². The number of benzene rings is 1. The summed E-state index contributed by atoms with van der Waals surface area (Å²) in [5.41, 5.74) is 7.00. The fourth-order valence-corrected chi connectivity index (χ4v) is 1.62. The Morgan fingerprint density at radius 3 is 2.40 bits per heavy atom. The Bertz CT molecular complexity index is 625. The van der Waals surface area contributed by atoms with Crippen LogP contribution in [0.15, 0.2) is 36.5 Å². The molecule has 0 bridgehead atoms. The minimum atomic E-state index is -4.74. The number of nitrogens with zero attached hydrogens (tertiary/aromatic N) is 1. The number of hydrogen-bond acceptors (Lipinski definition) is 4. The maximum atomic E-state index is 12.0. The Hall–Kier alpha value is -2.57. The monoisotopic (exact) mass is 282 g/mol. The molecule has 1 heterocycles. The molecule has 0 saturated carbocycles. The Morgan fingerprint density at radius 2 is 1.85 bits per heavy atom. The molecule has 4 nitrogen and oxygen atoms in total. The lowest BCUT2D eigenvalue weighted by Crippen LogP contribution is -2.16. The Balaban J connectivity index is 2.32. The number of aromatic nitrogens is 1. The van der Waals surface area contributed by atoms with Crippen molar-refractivity contribution in [1.29, 1.82) is 0 Å². The molecule has 2 rings (SSSR count). The van der Waals surface area contributed by atoms with Crippen molar-refractivity contribution in [2.75, 3.05) is 5.73 Å². The van der Waals surface area contributed by atoms with Gasteiger partial charge in [0.25, 0.3) is 0 Å². The largest absolute Gasteiger partial charge is 0.573 e. The molecule has 20 heavy (non-hydrogen) atoms. The van der Waals surface area contributed by atoms with Gasteiger partial charge in [0.1, 0.15) is 11.6 Å². The summed E-state index contributed by atoms with van der Waals surface area (Å²) in [4.78, 5) is 14.5. The number of halogens is 3. The maximum absolute atomic E-state index is 12.0. The number of hydrogen-bond donors (Lipinski definition) is 1. The average molecular weight is 282 g/mol. The van der Waals surface area contributed by atoms with Crippen molar-refractivity contribution in [2.45, 2.75) is 6.36 Å². The fraction of sp³-hybridized carbons (Fsp3) is 0.0769. The molecule has 1 aromatic heterocycles. The SMILES string of the molecule is Nc1ncc(C=O)cc1-c1ccc(OC(F)(F)F)cc1. The Morgan fingerprint density at radius 1 is 1.20 bits per heavy atom. The van der Waals surface area contributed by atoms with E-state index in [9.17, 15) is 18.0 Å². The van der Waals surface area contributed by atoms with E-state index in [1.807, 2.05) is 0 Å². The highest BCUT2D eigenvalue weighted by Crippen LogP contribution is 2.29. The number of aldehydes is 1. The van der Waals surface area contributed by atoms with Gasteiger partial charge in [-0.25, -0.2) is 4.98 Å². The number of ether oxygens (including phenoxy) is 1. The molecule has 2 N–H and O–H groups in total. The third kappa shape index (κ3) is 3.25. The molecule has 0 aliphatic heterocycles. The summed E-state index contributed by atoms with van der Waals surface area (Å²) in [6.07, 6.45) is -2.82. The number of carbonyl (C=O) groups is 1. The zero-order valence-electron chi connectivity index (χ0n) is 10.0. The molecule has 0 spiro atoms. The molecule has 0 saturated heterocycles. The standard InChI is InChI=1S/C13H9F3N2O2/c14-13(15,16)20-10-3-1-9(2-4-10)11-5-8(7-19)6-18-12(11)17/h1-7H,(H2,17,18). The zero-order chi connectivity index (χ0) is 14.8. The van der Waals surface area contributed by atoms with Gasteiger partial charge in [-0.1, -0.05) is 12.1 Å². The molecule has 104 valence electrons. The summed E-state index contributed by atoms with van der Waals surface area (Å²) >= 11 is 0. The van der Waals surface area contributed by atoms with Gasteiger partial charge in [0.2, 0.25) is 0 Å². The highest BCUT2D eigenvalue weighted by atomic mass is 19.4. The van der Waals surface area contributed by atoms with Gasteiger partial charge < -0.3 is 10.5 Å². The normalized spacial score (nSPS) is 11.2. The summed E-state index contributed by atoms with van der Waals surface area (Å²) < 4.78 is 39.9. The summed E-state index contributed by atoms with van der Waals surface area (Å²) in [5, 5.41) is 0. The van der Waals surface area contributed by atoms with Gasteiger partial charge in [-0.3, -0.25) is 4.79 Å². The number of anilines is 1. The molecule has 0 amide bonds. The van der Waals surface area contributed by atoms with Crippen LogP contribution in [0.3, 0.4) is 0 Å². The number of carbonyl (C=O) groups excluding carboxylic acids is 1. The fourth-order valence-electron chi connectivity index (χ4n) is 1.62. The van der Waals surface area contributed by atoms with Gasteiger partial charge in [0.15, 0.2) is 6.29 Å². The van der Waals surface area contributed by atoms with E-state index < -0.39 is 6.36 Å². The number of pyridine rings is 1. The predicted octanol–water partition coefficient (Wildman–Crippen LogP) is 3.04. The van der Waals surface area contributed by atoms with Crippen LogP contribution in [0.1, 0.15) is 10.4 Å². The molecular formula is C13H9F3N2O2. The van der Waals surface area contributed by atoms with Crippen molar-refractivity contribution < 1.29 is 22.7 Å². The van der Waals surface area contributed by atoms with Gasteiger partial charge in [-0.15, -0.1) is 13.2 Å². The second-order valence-corrected chi connectivity index (χ2v) is 3.89. The minimum absolute atomic E-state index is 0.181. The lowest BCUT2D eigenvalue weighted by Gasteiger charge is -2.10. The molecule has 7 heteroatoms. The van der Waals surface area contributed by atoms with Crippen molar-refractivity contribution in [3.63, 3.8) is 0 Å². The summed E-state index contributed by atoms with van der Waals surface area (Å²) in [6, 6.07) is 6.65. The molecule has 0 radical (unpaired) electrons. The molecule has 0 aliphatic carbocycles. The summed E-state index contributed by atoms with van der Waals surface area (Å²) in [6.45, 7) is 0. The number of rotatable bonds is 3. The lowest BCUT2D eigenvalue weighted by atomic mass is 10.1. The van der Waals surface area contributed by atoms with Crippen LogP contribution < -0.4 is 10.5 Å². The molecular weight excluding hydrogens is 273 g/mol. The Kier molecular flexibility index (Phi) is 3.60. The molecule has 1 aromatic carbocycles. The first-order valence-corrected chi connectivity index (χ1v) is 5.46. The quantitative estimate of drug-likeness (QED) is 0.879. The van der Waals surface area contributed by atoms with E-state index in [1.54, 1.807) is 0 Å². The Labute approximate surface area is 112 Å². The van der Waals surface area contributed by atoms with Crippen LogP contribution in [-0.2, 0) is 0 Å². The van der Waals surface area contributed by atoms with E-state index in [4.69, 9.17) is 5.73 Å². The number of nitrogen functional groups attached to an aromatic ring is 1. The number of nitrogens with two attached hydrogens (primary N) is 1. The number of alkyl halides is 3. The second-order valence-electron chi connectivity index (χ2n) is 3.89. The molecule has 0 unspecified atom stereocenters. The van der Waals surface area contributed by atoms with E-state index >= 15 is 0 Å². The highest BCUT2D eigenvalue weighted by Gasteiger charge is 2.30. The van der Waals surface area contributed by atoms with Gasteiger partial charge in [0, 0.05) is 17.3 Å². The summed E-state index contributed by atoms with van der Waals surface area (Å²) in [7, 11) is 0. The van der Waals surface area contributed by atoms with E-state index in [0.717, 1.165) is 12.1 Å². The zero-order valence-corrected chi connectivity index (χ0v) is 10.0. The predicted molar refractivity (Wildman–Crippen MR) is 66.2 cm³/mol. The van der Waals surface area contributed by atoms with Crippen LogP contribution in [0.5, 0.6) is 5.75 Å². The third-order valence-electron chi connectivity index (χ3n) is 2.47. The first-order chi connectivity index (χ1) is 9.39. The molecule has 0 atom stereocenters. The second kappa shape index (κ2) is 5.20. The van der Waals surface area contributed by atoms with Gasteiger partial charge >= 0.3 is 6.36 Å². The van der Waals surface area contributed by atoms with Crippen molar-refractivity contribution in [1.82, 2.24) is 4.98 Å². The molecule has 0 aliphatic rings. The molecule has 0 fully saturated rings. The summed E-state index contributed by atoms with van der Waals surface area (Å²) in [5.74, 6) is -0.153. The third-order valence-corrected chi connectivity index (χ3v) is 2.47. The topological polar surface area (TPSA) is 65.2 Å². The van der Waals surface area contributed by atoms with Crippen LogP contribution in [0.25, 0.3) is 11.1 Å². The first kappa shape index (κ1) is 13.9.